The Morgan fingerprint density at radius 3 is 2.51 bits per heavy atom. The van der Waals surface area contributed by atoms with Gasteiger partial charge >= 0.3 is 5.97 Å². The molecule has 0 amide bonds. The molecule has 1 aliphatic rings. The van der Waals surface area contributed by atoms with Gasteiger partial charge in [-0.15, -0.1) is 11.3 Å². The number of para-hydroxylation sites is 1. The van der Waals surface area contributed by atoms with E-state index in [4.69, 9.17) is 0 Å². The summed E-state index contributed by atoms with van der Waals surface area (Å²) in [6, 6.07) is 27.8. The van der Waals surface area contributed by atoms with Crippen molar-refractivity contribution in [1.29, 1.82) is 5.26 Å². The number of fused-ring (bicyclic) bond motifs is 1. The molecule has 2 unspecified atom stereocenters. The zero-order chi connectivity index (χ0) is 29.1. The van der Waals surface area contributed by atoms with Crippen molar-refractivity contribution in [1.82, 2.24) is 3.97 Å². The maximum atomic E-state index is 14.3. The van der Waals surface area contributed by atoms with E-state index in [2.05, 4.69) is 11.0 Å². The van der Waals surface area contributed by atoms with Gasteiger partial charge in [-0.3, -0.25) is 8.77 Å². The Bertz CT molecular complexity index is 1780. The topological polar surface area (TPSA) is 86.3 Å². The molecule has 1 saturated heterocycles. The number of thiophene rings is 1. The largest absolute Gasteiger partial charge is 0.481 e. The van der Waals surface area contributed by atoms with Crippen LogP contribution in [0, 0.1) is 24.2 Å². The highest BCUT2D eigenvalue weighted by Gasteiger charge is 2.30. The fourth-order valence-electron chi connectivity index (χ4n) is 5.32. The van der Waals surface area contributed by atoms with Crippen LogP contribution >= 0.6 is 11.3 Å². The summed E-state index contributed by atoms with van der Waals surface area (Å²) in [6.07, 6.45) is 0.600. The van der Waals surface area contributed by atoms with Crippen LogP contribution in [-0.4, -0.2) is 32.3 Å². The molecule has 1 fully saturated rings. The van der Waals surface area contributed by atoms with E-state index in [0.717, 1.165) is 44.5 Å². The second-order valence-corrected chi connectivity index (χ2v) is 11.9. The number of nitriles is 1. The molecule has 6 rings (SSSR count). The summed E-state index contributed by atoms with van der Waals surface area (Å²) in [7, 11) is -1.57. The average Bonchev–Trinajstić information content (AvgIpc) is 3.75. The predicted octanol–water partition coefficient (Wildman–Crippen LogP) is 7.72. The van der Waals surface area contributed by atoms with Crippen LogP contribution in [0.25, 0.3) is 33.3 Å². The summed E-state index contributed by atoms with van der Waals surface area (Å²) in [6.45, 7) is 7.11. The number of carbonyl (C=O) groups is 1. The van der Waals surface area contributed by atoms with Crippen LogP contribution in [0.15, 0.2) is 89.1 Å². The fraction of sp³-hybridized carbons (Fsp3) is 0.212. The maximum Gasteiger partial charge on any atom is 0.308 e. The first-order chi connectivity index (χ1) is 20.0. The second kappa shape index (κ2) is 12.1. The van der Waals surface area contributed by atoms with Crippen molar-refractivity contribution in [3.05, 3.63) is 94.7 Å². The number of carboxylic acid groups (broad SMARTS) is 1. The normalized spacial score (nSPS) is 15.3. The van der Waals surface area contributed by atoms with Crippen LogP contribution in [0.3, 0.4) is 0 Å². The Hall–Kier alpha value is -4.19. The van der Waals surface area contributed by atoms with Crippen molar-refractivity contribution in [3.8, 4) is 28.5 Å². The second-order valence-electron chi connectivity index (χ2n) is 9.69. The molecular weight excluding hydrogens is 551 g/mol. The van der Waals surface area contributed by atoms with Gasteiger partial charge in [-0.2, -0.15) is 5.26 Å². The minimum Gasteiger partial charge on any atom is -0.481 e. The van der Waals surface area contributed by atoms with E-state index >= 15 is 0 Å². The van der Waals surface area contributed by atoms with Crippen molar-refractivity contribution < 1.29 is 14.1 Å². The van der Waals surface area contributed by atoms with Crippen LogP contribution in [0.4, 0.5) is 5.69 Å². The lowest BCUT2D eigenvalue weighted by atomic mass is 9.98. The molecule has 0 radical (unpaired) electrons. The number of anilines is 1. The van der Waals surface area contributed by atoms with Crippen LogP contribution in [-0.2, 0) is 15.8 Å². The lowest BCUT2D eigenvalue weighted by molar-refractivity contribution is -0.140. The van der Waals surface area contributed by atoms with Crippen LogP contribution < -0.4 is 4.90 Å². The van der Waals surface area contributed by atoms with E-state index in [1.54, 1.807) is 0 Å². The summed E-state index contributed by atoms with van der Waals surface area (Å²) >= 11 is 1.39. The molecule has 0 bridgehead atoms. The molecule has 2 atom stereocenters. The zero-order valence-electron chi connectivity index (χ0n) is 23.2. The van der Waals surface area contributed by atoms with Crippen molar-refractivity contribution in [3.63, 3.8) is 0 Å². The van der Waals surface area contributed by atoms with Gasteiger partial charge in [0.1, 0.15) is 10.9 Å². The first kappa shape index (κ1) is 28.3. The van der Waals surface area contributed by atoms with Crippen molar-refractivity contribution in [2.45, 2.75) is 32.1 Å². The maximum absolute atomic E-state index is 14.3. The number of rotatable bonds is 6. The standard InChI is InChI=1S/C31H25N3O3S2.C2H6/c1-20-9-11-24(12-10-20)39(37)34-27-8-3-2-7-25(27)29(26-14-16-38-28(26)18-32)30(34)21-5-4-6-23(17-21)33-15-13-22(19-33)31(35)36;1-2/h2-12,14,16-17,22H,13,15,19H2,1H3,(H,35,36);1-2H3. The van der Waals surface area contributed by atoms with E-state index in [9.17, 15) is 19.4 Å². The Morgan fingerprint density at radius 2 is 1.80 bits per heavy atom. The smallest absolute Gasteiger partial charge is 0.308 e. The Labute approximate surface area is 246 Å². The van der Waals surface area contributed by atoms with Crippen LogP contribution in [0.2, 0.25) is 0 Å². The lowest BCUT2D eigenvalue weighted by Crippen LogP contribution is -2.22. The fourth-order valence-corrected chi connectivity index (χ4v) is 7.29. The molecule has 8 heteroatoms. The number of hydrogen-bond donors (Lipinski definition) is 1. The van der Waals surface area contributed by atoms with Crippen LogP contribution in [0.1, 0.15) is 30.7 Å². The molecule has 208 valence electrons. The summed E-state index contributed by atoms with van der Waals surface area (Å²) < 4.78 is 16.2. The number of aromatic nitrogens is 1. The molecule has 0 saturated carbocycles. The van der Waals surface area contributed by atoms with Gasteiger partial charge in [0, 0.05) is 40.9 Å². The number of nitrogens with zero attached hydrogens (tertiary/aromatic N) is 3. The third kappa shape index (κ3) is 5.31. The zero-order valence-corrected chi connectivity index (χ0v) is 24.8. The monoisotopic (exact) mass is 581 g/mol. The first-order valence-corrected chi connectivity index (χ1v) is 15.6. The van der Waals surface area contributed by atoms with E-state index in [1.807, 2.05) is 109 Å². The minimum atomic E-state index is -1.57. The molecule has 41 heavy (non-hydrogen) atoms. The summed E-state index contributed by atoms with van der Waals surface area (Å²) in [5.74, 6) is -1.17. The van der Waals surface area contributed by atoms with Gasteiger partial charge in [0.25, 0.3) is 0 Å². The quantitative estimate of drug-likeness (QED) is 0.222. The predicted molar refractivity (Wildman–Crippen MR) is 168 cm³/mol. The van der Waals surface area contributed by atoms with Crippen molar-refractivity contribution in [2.75, 3.05) is 18.0 Å². The summed E-state index contributed by atoms with van der Waals surface area (Å²) in [5, 5.41) is 22.3. The van der Waals surface area contributed by atoms with E-state index in [1.165, 1.54) is 11.3 Å². The lowest BCUT2D eigenvalue weighted by Gasteiger charge is -2.20. The van der Waals surface area contributed by atoms with Gasteiger partial charge in [0.05, 0.1) is 22.0 Å². The van der Waals surface area contributed by atoms with E-state index in [-0.39, 0.29) is 0 Å². The molecule has 2 aromatic heterocycles. The number of benzene rings is 3. The van der Waals surface area contributed by atoms with Gasteiger partial charge in [0.2, 0.25) is 0 Å². The molecule has 3 heterocycles. The molecule has 1 aliphatic heterocycles. The van der Waals surface area contributed by atoms with Gasteiger partial charge in [0.15, 0.2) is 11.0 Å². The van der Waals surface area contributed by atoms with E-state index in [0.29, 0.717) is 29.3 Å². The summed E-state index contributed by atoms with van der Waals surface area (Å²) in [5.41, 5.74) is 6.12. The van der Waals surface area contributed by atoms with Gasteiger partial charge in [-0.05, 0) is 55.1 Å². The number of aryl methyl sites for hydroxylation is 1. The average molecular weight is 582 g/mol. The molecule has 0 aliphatic carbocycles. The Kier molecular flexibility index (Phi) is 8.39. The van der Waals surface area contributed by atoms with Gasteiger partial charge in [-0.25, -0.2) is 4.21 Å². The number of carboxylic acids is 1. The van der Waals surface area contributed by atoms with Crippen LogP contribution in [0.5, 0.6) is 0 Å². The third-order valence-corrected chi connectivity index (χ3v) is 9.48. The van der Waals surface area contributed by atoms with Gasteiger partial charge in [-0.1, -0.05) is 61.9 Å². The SMILES string of the molecule is CC.Cc1ccc(S(=O)n2c(-c3cccc(N4CCC(C(=O)O)C4)c3)c(-c3ccsc3C#N)c3ccccc32)cc1. The van der Waals surface area contributed by atoms with E-state index < -0.39 is 22.9 Å². The molecule has 5 aromatic rings. The van der Waals surface area contributed by atoms with Gasteiger partial charge < -0.3 is 10.0 Å². The first-order valence-electron chi connectivity index (χ1n) is 13.6. The molecule has 1 N–H and O–H groups in total. The van der Waals surface area contributed by atoms with Crippen molar-refractivity contribution >= 4 is 44.9 Å². The van der Waals surface area contributed by atoms with Crippen molar-refractivity contribution in [2.24, 2.45) is 5.92 Å². The third-order valence-electron chi connectivity index (χ3n) is 7.28. The number of aliphatic carboxylic acids is 1. The molecule has 0 spiro atoms. The highest BCUT2D eigenvalue weighted by molar-refractivity contribution is 7.83. The Balaban J connectivity index is 0.00000165. The minimum absolute atomic E-state index is 0.395. The number of hydrogen-bond acceptors (Lipinski definition) is 5. The molecule has 6 nitrogen and oxygen atoms in total. The Morgan fingerprint density at radius 1 is 1.05 bits per heavy atom. The molecular formula is C33H31N3O3S2. The molecule has 3 aromatic carbocycles. The highest BCUT2D eigenvalue weighted by Crippen LogP contribution is 2.45. The highest BCUT2D eigenvalue weighted by atomic mass is 32.2. The summed E-state index contributed by atoms with van der Waals surface area (Å²) in [4.78, 5) is 15.0.